The van der Waals surface area contributed by atoms with Crippen molar-refractivity contribution in [3.05, 3.63) is 82.9 Å². The number of ether oxygens (including phenoxy) is 4. The predicted molar refractivity (Wildman–Crippen MR) is 147 cm³/mol. The zero-order valence-electron chi connectivity index (χ0n) is 22.4. The maximum atomic E-state index is 12.6. The highest BCUT2D eigenvalue weighted by atomic mass is 16.6. The minimum Gasteiger partial charge on any atom is -0.494 e. The summed E-state index contributed by atoms with van der Waals surface area (Å²) in [5.41, 5.74) is 5.57. The van der Waals surface area contributed by atoms with Crippen LogP contribution in [0.5, 0.6) is 23.0 Å². The van der Waals surface area contributed by atoms with Gasteiger partial charge in [0.25, 0.3) is 5.91 Å². The molecule has 0 aliphatic carbocycles. The molecular formula is C30H34N2O6. The normalized spacial score (nSPS) is 10.9. The van der Waals surface area contributed by atoms with Crippen molar-refractivity contribution in [3.63, 3.8) is 0 Å². The summed E-state index contributed by atoms with van der Waals surface area (Å²) in [6, 6.07) is 17.7. The SMILES string of the molecule is CCCOc1ccc(C(=O)Oc2ccc(/C=N/NC(=O)COc3cc(C(C)C)ccc3C)cc2OC)cc1. The van der Waals surface area contributed by atoms with Gasteiger partial charge >= 0.3 is 5.97 Å². The van der Waals surface area contributed by atoms with Gasteiger partial charge in [-0.05, 0) is 84.5 Å². The number of hydrazone groups is 1. The molecule has 3 rings (SSSR count). The van der Waals surface area contributed by atoms with E-state index < -0.39 is 5.97 Å². The van der Waals surface area contributed by atoms with Gasteiger partial charge in [0.15, 0.2) is 18.1 Å². The van der Waals surface area contributed by atoms with Crippen molar-refractivity contribution in [1.82, 2.24) is 5.43 Å². The smallest absolute Gasteiger partial charge is 0.343 e. The van der Waals surface area contributed by atoms with Crippen LogP contribution in [0.15, 0.2) is 65.8 Å². The van der Waals surface area contributed by atoms with Gasteiger partial charge in [0.1, 0.15) is 11.5 Å². The zero-order chi connectivity index (χ0) is 27.5. The van der Waals surface area contributed by atoms with E-state index in [1.54, 1.807) is 42.5 Å². The number of nitrogens with zero attached hydrogens (tertiary/aromatic N) is 1. The average molecular weight is 519 g/mol. The summed E-state index contributed by atoms with van der Waals surface area (Å²) >= 11 is 0. The molecular weight excluding hydrogens is 484 g/mol. The van der Waals surface area contributed by atoms with Crippen molar-refractivity contribution in [3.8, 4) is 23.0 Å². The summed E-state index contributed by atoms with van der Waals surface area (Å²) < 4.78 is 22.1. The molecule has 0 aromatic heterocycles. The van der Waals surface area contributed by atoms with Gasteiger partial charge in [0.05, 0.1) is 25.5 Å². The first-order valence-electron chi connectivity index (χ1n) is 12.5. The fraction of sp³-hybridized carbons (Fsp3) is 0.300. The second kappa shape index (κ2) is 13.8. The Kier molecular flexibility index (Phi) is 10.3. The van der Waals surface area contributed by atoms with Crippen LogP contribution >= 0.6 is 0 Å². The van der Waals surface area contributed by atoms with Crippen LogP contribution in [0.4, 0.5) is 0 Å². The van der Waals surface area contributed by atoms with Gasteiger partial charge < -0.3 is 18.9 Å². The molecule has 0 atom stereocenters. The number of rotatable bonds is 12. The minimum atomic E-state index is -0.520. The quantitative estimate of drug-likeness (QED) is 0.144. The number of carbonyl (C=O) groups excluding carboxylic acids is 2. The first kappa shape index (κ1) is 28.2. The van der Waals surface area contributed by atoms with Crippen molar-refractivity contribution in [2.24, 2.45) is 5.10 Å². The molecule has 8 heteroatoms. The molecule has 1 N–H and O–H groups in total. The van der Waals surface area contributed by atoms with Crippen LogP contribution in [0.1, 0.15) is 60.2 Å². The molecule has 0 bridgehead atoms. The molecule has 0 fully saturated rings. The molecule has 1 amide bonds. The summed E-state index contributed by atoms with van der Waals surface area (Å²) in [4.78, 5) is 24.8. The Balaban J connectivity index is 1.55. The maximum Gasteiger partial charge on any atom is 0.343 e. The van der Waals surface area contributed by atoms with Gasteiger partial charge in [-0.1, -0.05) is 32.9 Å². The van der Waals surface area contributed by atoms with Crippen LogP contribution in [-0.2, 0) is 4.79 Å². The predicted octanol–water partition coefficient (Wildman–Crippen LogP) is 5.66. The number of aryl methyl sites for hydroxylation is 1. The Morgan fingerprint density at radius 1 is 0.947 bits per heavy atom. The fourth-order valence-corrected chi connectivity index (χ4v) is 3.40. The number of carbonyl (C=O) groups is 2. The molecule has 3 aromatic carbocycles. The highest BCUT2D eigenvalue weighted by Crippen LogP contribution is 2.29. The van der Waals surface area contributed by atoms with E-state index in [-0.39, 0.29) is 18.3 Å². The third-order valence-corrected chi connectivity index (χ3v) is 5.59. The zero-order valence-corrected chi connectivity index (χ0v) is 22.4. The third-order valence-electron chi connectivity index (χ3n) is 5.59. The lowest BCUT2D eigenvalue weighted by molar-refractivity contribution is -0.123. The lowest BCUT2D eigenvalue weighted by Gasteiger charge is -2.12. The van der Waals surface area contributed by atoms with Crippen molar-refractivity contribution in [2.75, 3.05) is 20.3 Å². The molecule has 200 valence electrons. The average Bonchev–Trinajstić information content (AvgIpc) is 2.92. The van der Waals surface area contributed by atoms with Crippen LogP contribution in [0, 0.1) is 6.92 Å². The number of methoxy groups -OCH3 is 1. The largest absolute Gasteiger partial charge is 0.494 e. The summed E-state index contributed by atoms with van der Waals surface area (Å²) in [5, 5.41) is 3.99. The van der Waals surface area contributed by atoms with E-state index in [1.165, 1.54) is 13.3 Å². The number of nitrogens with one attached hydrogen (secondary N) is 1. The molecule has 0 saturated heterocycles. The number of amides is 1. The molecule has 3 aromatic rings. The molecule has 8 nitrogen and oxygen atoms in total. The summed E-state index contributed by atoms with van der Waals surface area (Å²) in [7, 11) is 1.48. The Labute approximate surface area is 223 Å². The van der Waals surface area contributed by atoms with E-state index in [1.807, 2.05) is 26.0 Å². The second-order valence-corrected chi connectivity index (χ2v) is 8.93. The molecule has 0 heterocycles. The standard InChI is InChI=1S/C30H34N2O6/c1-6-15-36-25-12-10-23(11-13-25)30(34)38-26-14-8-22(16-28(26)35-5)18-31-32-29(33)19-37-27-17-24(20(2)3)9-7-21(27)4/h7-14,16-18,20H,6,15,19H2,1-5H3,(H,32,33)/b31-18+. The van der Waals surface area contributed by atoms with E-state index in [0.29, 0.717) is 40.9 Å². The Morgan fingerprint density at radius 2 is 1.71 bits per heavy atom. The topological polar surface area (TPSA) is 95.5 Å². The second-order valence-electron chi connectivity index (χ2n) is 8.93. The van der Waals surface area contributed by atoms with Gasteiger partial charge in [-0.3, -0.25) is 4.79 Å². The molecule has 0 aliphatic rings. The summed E-state index contributed by atoms with van der Waals surface area (Å²) in [6.07, 6.45) is 2.37. The molecule has 0 aliphatic heterocycles. The molecule has 0 spiro atoms. The lowest BCUT2D eigenvalue weighted by atomic mass is 10.0. The van der Waals surface area contributed by atoms with E-state index >= 15 is 0 Å². The molecule has 0 saturated carbocycles. The van der Waals surface area contributed by atoms with Crippen LogP contribution in [-0.4, -0.2) is 38.4 Å². The number of hydrogen-bond donors (Lipinski definition) is 1. The van der Waals surface area contributed by atoms with E-state index in [4.69, 9.17) is 18.9 Å². The van der Waals surface area contributed by atoms with Crippen molar-refractivity contribution < 1.29 is 28.5 Å². The molecule has 38 heavy (non-hydrogen) atoms. The van der Waals surface area contributed by atoms with Crippen LogP contribution in [0.2, 0.25) is 0 Å². The number of esters is 1. The number of benzene rings is 3. The third kappa shape index (κ3) is 8.09. The van der Waals surface area contributed by atoms with Crippen molar-refractivity contribution in [1.29, 1.82) is 0 Å². The van der Waals surface area contributed by atoms with Crippen LogP contribution in [0.25, 0.3) is 0 Å². The summed E-state index contributed by atoms with van der Waals surface area (Å²) in [5.74, 6) is 1.43. The Bertz CT molecular complexity index is 1270. The summed E-state index contributed by atoms with van der Waals surface area (Å²) in [6.45, 7) is 8.61. The van der Waals surface area contributed by atoms with Crippen LogP contribution in [0.3, 0.4) is 0 Å². The Morgan fingerprint density at radius 3 is 2.39 bits per heavy atom. The van der Waals surface area contributed by atoms with Gasteiger partial charge in [-0.2, -0.15) is 5.10 Å². The first-order valence-corrected chi connectivity index (χ1v) is 12.5. The van der Waals surface area contributed by atoms with Gasteiger partial charge in [0.2, 0.25) is 0 Å². The number of hydrogen-bond acceptors (Lipinski definition) is 7. The van der Waals surface area contributed by atoms with E-state index in [2.05, 4.69) is 30.4 Å². The first-order chi connectivity index (χ1) is 18.3. The van der Waals surface area contributed by atoms with Gasteiger partial charge in [-0.25, -0.2) is 10.2 Å². The Hall–Kier alpha value is -4.33. The van der Waals surface area contributed by atoms with Crippen molar-refractivity contribution in [2.45, 2.75) is 40.0 Å². The monoisotopic (exact) mass is 518 g/mol. The van der Waals surface area contributed by atoms with Gasteiger partial charge in [-0.15, -0.1) is 0 Å². The maximum absolute atomic E-state index is 12.6. The minimum absolute atomic E-state index is 0.163. The fourth-order valence-electron chi connectivity index (χ4n) is 3.40. The lowest BCUT2D eigenvalue weighted by Crippen LogP contribution is -2.24. The highest BCUT2D eigenvalue weighted by Gasteiger charge is 2.13. The highest BCUT2D eigenvalue weighted by molar-refractivity contribution is 5.92. The van der Waals surface area contributed by atoms with Gasteiger partial charge in [0, 0.05) is 0 Å². The van der Waals surface area contributed by atoms with E-state index in [0.717, 1.165) is 17.5 Å². The van der Waals surface area contributed by atoms with E-state index in [9.17, 15) is 9.59 Å². The van der Waals surface area contributed by atoms with Crippen LogP contribution < -0.4 is 24.4 Å². The molecule has 0 unspecified atom stereocenters. The van der Waals surface area contributed by atoms with Crippen molar-refractivity contribution >= 4 is 18.1 Å². The molecule has 0 radical (unpaired) electrons.